The molecule has 27 heavy (non-hydrogen) atoms. The van der Waals surface area contributed by atoms with Gasteiger partial charge in [0.05, 0.1) is 0 Å². The lowest BCUT2D eigenvalue weighted by atomic mass is 10.1. The zero-order valence-corrected chi connectivity index (χ0v) is 15.2. The van der Waals surface area contributed by atoms with Gasteiger partial charge in [0, 0.05) is 27.4 Å². The van der Waals surface area contributed by atoms with Crippen molar-refractivity contribution in [2.24, 2.45) is 10.2 Å². The summed E-state index contributed by atoms with van der Waals surface area (Å²) in [5.74, 6) is -1.58. The predicted octanol–water partition coefficient (Wildman–Crippen LogP) is 4.24. The summed E-state index contributed by atoms with van der Waals surface area (Å²) in [7, 11) is 0. The monoisotopic (exact) mass is 365 g/mol. The summed E-state index contributed by atoms with van der Waals surface area (Å²) in [4.78, 5) is 24.2. The minimum absolute atomic E-state index is 0.0881. The number of aromatic hydroxyl groups is 2. The normalized spacial score (nSPS) is 12.0. The molecule has 0 saturated carbocycles. The van der Waals surface area contributed by atoms with Crippen LogP contribution >= 0.6 is 0 Å². The van der Waals surface area contributed by atoms with Crippen LogP contribution in [0.2, 0.25) is 0 Å². The van der Waals surface area contributed by atoms with E-state index in [-0.39, 0.29) is 17.3 Å². The quantitative estimate of drug-likeness (QED) is 0.663. The Labute approximate surface area is 155 Å². The zero-order valence-electron chi connectivity index (χ0n) is 15.2. The maximum Gasteiger partial charge on any atom is 0.295 e. The van der Waals surface area contributed by atoms with E-state index in [0.717, 1.165) is 0 Å². The smallest absolute Gasteiger partial charge is 0.295 e. The van der Waals surface area contributed by atoms with Gasteiger partial charge in [-0.1, -0.05) is 18.2 Å². The number of carbonyl (C=O) groups is 2. The molecule has 0 saturated heterocycles. The number of nitrogens with zero attached hydrogens (tertiary/aromatic N) is 3. The number of azo groups is 1. The number of fused-ring (bicyclic) bond motifs is 1. The maximum atomic E-state index is 12.3. The maximum absolute atomic E-state index is 12.3. The average Bonchev–Trinajstić information content (AvgIpc) is 2.90. The molecule has 0 fully saturated rings. The van der Waals surface area contributed by atoms with Gasteiger partial charge in [0.25, 0.3) is 11.8 Å². The van der Waals surface area contributed by atoms with Crippen LogP contribution in [0, 0.1) is 0 Å². The number of aromatic nitrogens is 1. The lowest BCUT2D eigenvalue weighted by molar-refractivity contribution is 0.0947. The van der Waals surface area contributed by atoms with Gasteiger partial charge in [-0.05, 0) is 51.1 Å². The zero-order chi connectivity index (χ0) is 19.8. The van der Waals surface area contributed by atoms with E-state index >= 15 is 0 Å². The van der Waals surface area contributed by atoms with Crippen LogP contribution in [-0.2, 0) is 5.54 Å². The van der Waals surface area contributed by atoms with Crippen molar-refractivity contribution < 1.29 is 19.8 Å². The molecule has 0 unspecified atom stereocenters. The number of benzene rings is 2. The van der Waals surface area contributed by atoms with Crippen molar-refractivity contribution in [3.05, 3.63) is 59.7 Å². The molecule has 0 spiro atoms. The van der Waals surface area contributed by atoms with Crippen LogP contribution in [0.25, 0.3) is 10.8 Å². The van der Waals surface area contributed by atoms with Gasteiger partial charge in [-0.25, -0.2) is 0 Å². The van der Waals surface area contributed by atoms with Crippen LogP contribution in [0.4, 0.5) is 0 Å². The molecule has 0 bridgehead atoms. The second-order valence-corrected chi connectivity index (χ2v) is 7.09. The van der Waals surface area contributed by atoms with Gasteiger partial charge in [0.1, 0.15) is 0 Å². The van der Waals surface area contributed by atoms with Gasteiger partial charge in [-0.2, -0.15) is 0 Å². The van der Waals surface area contributed by atoms with Crippen molar-refractivity contribution in [2.75, 3.05) is 0 Å². The number of hydrogen-bond donors (Lipinski definition) is 2. The summed E-state index contributed by atoms with van der Waals surface area (Å²) >= 11 is 0. The SMILES string of the molecule is CC(C)(C)n1c(O)c2ccc(C(=O)N=NC(=O)c3ccccc3)cc2c1O. The molecule has 2 amide bonds. The highest BCUT2D eigenvalue weighted by molar-refractivity contribution is 6.03. The van der Waals surface area contributed by atoms with Gasteiger partial charge >= 0.3 is 0 Å². The molecule has 138 valence electrons. The van der Waals surface area contributed by atoms with Gasteiger partial charge < -0.3 is 10.2 Å². The fourth-order valence-electron chi connectivity index (χ4n) is 2.82. The number of rotatable bonds is 2. The third-order valence-electron chi connectivity index (χ3n) is 4.10. The molecule has 0 radical (unpaired) electrons. The summed E-state index contributed by atoms with van der Waals surface area (Å²) in [6.45, 7) is 5.50. The first-order chi connectivity index (χ1) is 12.7. The molecule has 0 aliphatic heterocycles. The minimum Gasteiger partial charge on any atom is -0.494 e. The Morgan fingerprint density at radius 1 is 0.815 bits per heavy atom. The molecule has 0 atom stereocenters. The van der Waals surface area contributed by atoms with E-state index in [1.807, 2.05) is 20.8 Å². The molecule has 1 heterocycles. The van der Waals surface area contributed by atoms with Crippen molar-refractivity contribution in [3.63, 3.8) is 0 Å². The number of amides is 2. The Balaban J connectivity index is 1.93. The van der Waals surface area contributed by atoms with E-state index in [9.17, 15) is 19.8 Å². The highest BCUT2D eigenvalue weighted by Crippen LogP contribution is 2.40. The van der Waals surface area contributed by atoms with E-state index in [2.05, 4.69) is 10.2 Å². The third-order valence-corrected chi connectivity index (χ3v) is 4.10. The van der Waals surface area contributed by atoms with Crippen LogP contribution in [0.15, 0.2) is 58.8 Å². The first kappa shape index (κ1) is 18.3. The predicted molar refractivity (Wildman–Crippen MR) is 100 cm³/mol. The first-order valence-corrected chi connectivity index (χ1v) is 8.32. The molecule has 3 rings (SSSR count). The van der Waals surface area contributed by atoms with E-state index in [1.54, 1.807) is 30.3 Å². The summed E-state index contributed by atoms with van der Waals surface area (Å²) in [6, 6.07) is 12.7. The lowest BCUT2D eigenvalue weighted by Crippen LogP contribution is -2.20. The fraction of sp³-hybridized carbons (Fsp3) is 0.200. The van der Waals surface area contributed by atoms with Crippen molar-refractivity contribution >= 4 is 22.6 Å². The first-order valence-electron chi connectivity index (χ1n) is 8.32. The van der Waals surface area contributed by atoms with Crippen molar-refractivity contribution in [3.8, 4) is 11.8 Å². The Kier molecular flexibility index (Phi) is 4.53. The summed E-state index contributed by atoms with van der Waals surface area (Å²) in [6.07, 6.45) is 0. The van der Waals surface area contributed by atoms with Crippen molar-refractivity contribution in [1.82, 2.24) is 4.57 Å². The second kappa shape index (κ2) is 6.68. The minimum atomic E-state index is -0.719. The molecular formula is C20H19N3O4. The fourth-order valence-corrected chi connectivity index (χ4v) is 2.82. The number of carbonyl (C=O) groups excluding carboxylic acids is 2. The van der Waals surface area contributed by atoms with Crippen LogP contribution in [-0.4, -0.2) is 26.6 Å². The summed E-state index contributed by atoms with van der Waals surface area (Å²) in [5, 5.41) is 28.5. The van der Waals surface area contributed by atoms with E-state index < -0.39 is 17.4 Å². The van der Waals surface area contributed by atoms with Crippen LogP contribution in [0.1, 0.15) is 41.5 Å². The topological polar surface area (TPSA) is 104 Å². The van der Waals surface area contributed by atoms with Gasteiger partial charge in [0.2, 0.25) is 11.8 Å². The highest BCUT2D eigenvalue weighted by Gasteiger charge is 2.25. The standard InChI is InChI=1S/C20H19N3O4/c1-20(2,3)23-18(26)14-10-9-13(11-15(14)19(23)27)17(25)22-21-16(24)12-7-5-4-6-8-12/h4-11,26-27H,1-3H3. The van der Waals surface area contributed by atoms with Crippen LogP contribution < -0.4 is 0 Å². The van der Waals surface area contributed by atoms with Gasteiger partial charge in [0.15, 0.2) is 0 Å². The van der Waals surface area contributed by atoms with Crippen molar-refractivity contribution in [1.29, 1.82) is 0 Å². The Hall–Kier alpha value is -3.48. The molecule has 2 N–H and O–H groups in total. The molecule has 2 aromatic carbocycles. The molecule has 0 aliphatic carbocycles. The van der Waals surface area contributed by atoms with Gasteiger partial charge in [-0.3, -0.25) is 14.2 Å². The third kappa shape index (κ3) is 3.44. The summed E-state index contributed by atoms with van der Waals surface area (Å²) in [5.41, 5.74) is -0.0816. The lowest BCUT2D eigenvalue weighted by Gasteiger charge is -2.22. The number of hydrogen-bond acceptors (Lipinski definition) is 4. The van der Waals surface area contributed by atoms with E-state index in [4.69, 9.17) is 0 Å². The largest absolute Gasteiger partial charge is 0.494 e. The van der Waals surface area contributed by atoms with E-state index in [1.165, 1.54) is 22.8 Å². The van der Waals surface area contributed by atoms with E-state index in [0.29, 0.717) is 16.3 Å². The molecule has 0 aliphatic rings. The Bertz CT molecular complexity index is 1060. The van der Waals surface area contributed by atoms with Gasteiger partial charge in [-0.15, -0.1) is 10.2 Å². The summed E-state index contributed by atoms with van der Waals surface area (Å²) < 4.78 is 1.38. The molecule has 3 aromatic rings. The molecule has 7 nitrogen and oxygen atoms in total. The molecule has 1 aromatic heterocycles. The highest BCUT2D eigenvalue weighted by atomic mass is 16.3. The second-order valence-electron chi connectivity index (χ2n) is 7.09. The average molecular weight is 365 g/mol. The molecular weight excluding hydrogens is 346 g/mol. The van der Waals surface area contributed by atoms with Crippen LogP contribution in [0.5, 0.6) is 11.8 Å². The molecule has 7 heteroatoms. The Morgan fingerprint density at radius 2 is 1.37 bits per heavy atom. The Morgan fingerprint density at radius 3 is 1.96 bits per heavy atom. The van der Waals surface area contributed by atoms with Crippen LogP contribution in [0.3, 0.4) is 0 Å². The van der Waals surface area contributed by atoms with Crippen molar-refractivity contribution in [2.45, 2.75) is 26.3 Å².